The number of aryl methyl sites for hydroxylation is 3. The van der Waals surface area contributed by atoms with Crippen LogP contribution in [0.5, 0.6) is 0 Å². The molecule has 0 N–H and O–H groups in total. The molecule has 4 heteroatoms. The molecule has 126 valence electrons. The molecule has 0 amide bonds. The summed E-state index contributed by atoms with van der Waals surface area (Å²) in [7, 11) is 0. The van der Waals surface area contributed by atoms with E-state index in [1.807, 2.05) is 36.4 Å². The first-order valence-electron chi connectivity index (χ1n) is 8.59. The minimum absolute atomic E-state index is 0.632. The maximum atomic E-state index is 5.98. The summed E-state index contributed by atoms with van der Waals surface area (Å²) in [6.07, 6.45) is 4.67. The second-order valence-corrected chi connectivity index (χ2v) is 6.34. The molecular formula is C21H21N2O2+. The van der Waals surface area contributed by atoms with Crippen LogP contribution in [0, 0.1) is 13.8 Å². The van der Waals surface area contributed by atoms with E-state index in [1.54, 1.807) is 0 Å². The van der Waals surface area contributed by atoms with E-state index in [0.717, 1.165) is 34.6 Å². The summed E-state index contributed by atoms with van der Waals surface area (Å²) < 4.78 is 14.0. The lowest BCUT2D eigenvalue weighted by atomic mass is 10.2. The Balaban J connectivity index is 1.61. The third-order valence-corrected chi connectivity index (χ3v) is 4.34. The number of rotatable bonds is 4. The fraction of sp³-hybridized carbons (Fsp3) is 0.238. The third-order valence-electron chi connectivity index (χ3n) is 4.34. The van der Waals surface area contributed by atoms with Crippen molar-refractivity contribution in [2.45, 2.75) is 33.7 Å². The van der Waals surface area contributed by atoms with Crippen LogP contribution in [0.15, 0.2) is 51.3 Å². The van der Waals surface area contributed by atoms with E-state index in [-0.39, 0.29) is 0 Å². The molecule has 4 aromatic rings. The summed E-state index contributed by atoms with van der Waals surface area (Å²) in [5.74, 6) is 1.56. The van der Waals surface area contributed by atoms with Crippen LogP contribution in [0.1, 0.15) is 29.8 Å². The zero-order valence-electron chi connectivity index (χ0n) is 14.7. The average Bonchev–Trinajstić information content (AvgIpc) is 3.14. The predicted octanol–water partition coefficient (Wildman–Crippen LogP) is 4.75. The maximum Gasteiger partial charge on any atom is 0.373 e. The van der Waals surface area contributed by atoms with E-state index >= 15 is 0 Å². The van der Waals surface area contributed by atoms with Crippen LogP contribution in [-0.2, 0) is 13.0 Å². The molecule has 2 aromatic carbocycles. The molecule has 0 saturated heterocycles. The average molecular weight is 333 g/mol. The van der Waals surface area contributed by atoms with Crippen molar-refractivity contribution in [3.8, 4) is 0 Å². The molecule has 4 nitrogen and oxygen atoms in total. The summed E-state index contributed by atoms with van der Waals surface area (Å²) in [6.45, 7) is 7.13. The van der Waals surface area contributed by atoms with Crippen LogP contribution >= 0.6 is 0 Å². The van der Waals surface area contributed by atoms with E-state index in [0.29, 0.717) is 12.3 Å². The van der Waals surface area contributed by atoms with Gasteiger partial charge in [0.05, 0.1) is 0 Å². The van der Waals surface area contributed by atoms with Gasteiger partial charge in [-0.1, -0.05) is 18.2 Å². The minimum atomic E-state index is 0.632. The van der Waals surface area contributed by atoms with E-state index in [9.17, 15) is 0 Å². The molecule has 0 fully saturated rings. The molecule has 0 aliphatic carbocycles. The molecule has 0 saturated carbocycles. The van der Waals surface area contributed by atoms with E-state index in [2.05, 4.69) is 42.5 Å². The topological polar surface area (TPSA) is 43.0 Å². The van der Waals surface area contributed by atoms with Crippen LogP contribution in [0.2, 0.25) is 0 Å². The second kappa shape index (κ2) is 6.20. The molecule has 2 aromatic heterocycles. The molecule has 0 aliphatic heterocycles. The molecule has 0 bridgehead atoms. The van der Waals surface area contributed by atoms with Gasteiger partial charge in [-0.3, -0.25) is 0 Å². The molecular weight excluding hydrogens is 312 g/mol. The number of allylic oxidation sites excluding steroid dienone is 1. The Morgan fingerprint density at radius 3 is 2.56 bits per heavy atom. The molecule has 0 aliphatic rings. The summed E-state index contributed by atoms with van der Waals surface area (Å²) in [5, 5.41) is 0. The van der Waals surface area contributed by atoms with Crippen molar-refractivity contribution < 1.29 is 13.4 Å². The quantitative estimate of drug-likeness (QED) is 0.506. The van der Waals surface area contributed by atoms with Crippen LogP contribution in [0.4, 0.5) is 0 Å². The van der Waals surface area contributed by atoms with Gasteiger partial charge >= 0.3 is 5.89 Å². The minimum Gasteiger partial charge on any atom is -0.440 e. The lowest BCUT2D eigenvalue weighted by Gasteiger charge is -1.90. The highest BCUT2D eigenvalue weighted by atomic mass is 16.4. The number of benzene rings is 2. The number of hydrogen-bond donors (Lipinski definition) is 0. The Hall–Kier alpha value is -2.88. The van der Waals surface area contributed by atoms with Gasteiger partial charge in [-0.2, -0.15) is 4.57 Å². The maximum absolute atomic E-state index is 5.98. The van der Waals surface area contributed by atoms with Gasteiger partial charge < -0.3 is 8.83 Å². The summed E-state index contributed by atoms with van der Waals surface area (Å²) in [6, 6.07) is 12.3. The Labute approximate surface area is 146 Å². The zero-order valence-corrected chi connectivity index (χ0v) is 14.7. The smallest absolute Gasteiger partial charge is 0.373 e. The van der Waals surface area contributed by atoms with Gasteiger partial charge in [0.2, 0.25) is 5.58 Å². The first kappa shape index (κ1) is 15.6. The lowest BCUT2D eigenvalue weighted by molar-refractivity contribution is -0.674. The fourth-order valence-corrected chi connectivity index (χ4v) is 3.09. The number of nitrogens with zero attached hydrogens (tertiary/aromatic N) is 2. The highest BCUT2D eigenvalue weighted by molar-refractivity contribution is 5.73. The second-order valence-electron chi connectivity index (χ2n) is 6.34. The highest BCUT2D eigenvalue weighted by Gasteiger charge is 2.18. The van der Waals surface area contributed by atoms with Crippen molar-refractivity contribution in [3.63, 3.8) is 0 Å². The summed E-state index contributed by atoms with van der Waals surface area (Å²) >= 11 is 0. The SMILES string of the molecule is CC[n+]1c(C=CCc2nc3cc(C)ccc3o2)oc2ccc(C)cc21. The van der Waals surface area contributed by atoms with Crippen LogP contribution < -0.4 is 4.57 Å². The summed E-state index contributed by atoms with van der Waals surface area (Å²) in [5.41, 5.74) is 6.18. The Morgan fingerprint density at radius 2 is 1.76 bits per heavy atom. The third kappa shape index (κ3) is 2.95. The zero-order chi connectivity index (χ0) is 17.4. The van der Waals surface area contributed by atoms with Gasteiger partial charge in [-0.15, -0.1) is 0 Å². The number of oxazole rings is 2. The molecule has 25 heavy (non-hydrogen) atoms. The largest absolute Gasteiger partial charge is 0.440 e. The molecule has 0 spiro atoms. The van der Waals surface area contributed by atoms with Crippen molar-refractivity contribution in [1.29, 1.82) is 0 Å². The Bertz CT molecular complexity index is 1090. The van der Waals surface area contributed by atoms with E-state index in [1.165, 1.54) is 11.1 Å². The molecule has 4 rings (SSSR count). The van der Waals surface area contributed by atoms with Gasteiger partial charge in [0.25, 0.3) is 5.52 Å². The van der Waals surface area contributed by atoms with Gasteiger partial charge in [0, 0.05) is 18.6 Å². The van der Waals surface area contributed by atoms with E-state index < -0.39 is 0 Å². The van der Waals surface area contributed by atoms with Crippen molar-refractivity contribution >= 4 is 28.3 Å². The Morgan fingerprint density at radius 1 is 1.00 bits per heavy atom. The Kier molecular flexibility index (Phi) is 3.88. The van der Waals surface area contributed by atoms with Crippen molar-refractivity contribution in [2.24, 2.45) is 0 Å². The lowest BCUT2D eigenvalue weighted by Crippen LogP contribution is -2.33. The van der Waals surface area contributed by atoms with Crippen molar-refractivity contribution in [3.05, 3.63) is 65.4 Å². The standard InChI is InChI=1S/C21H21N2O2/c1-4-23-17-13-15(3)9-11-19(17)25-21(23)7-5-6-20-22-16-12-14(2)8-10-18(16)24-20/h5,7-13H,4,6H2,1-3H3/q+1. The summed E-state index contributed by atoms with van der Waals surface area (Å²) in [4.78, 5) is 4.55. The molecule has 0 unspecified atom stereocenters. The highest BCUT2D eigenvalue weighted by Crippen LogP contribution is 2.19. The van der Waals surface area contributed by atoms with Crippen LogP contribution in [0.25, 0.3) is 28.3 Å². The van der Waals surface area contributed by atoms with Gasteiger partial charge in [0.15, 0.2) is 11.5 Å². The normalized spacial score (nSPS) is 12.0. The van der Waals surface area contributed by atoms with Gasteiger partial charge in [-0.05, 0) is 50.1 Å². The molecule has 2 heterocycles. The first-order valence-corrected chi connectivity index (χ1v) is 8.59. The molecule has 0 atom stereocenters. The number of aromatic nitrogens is 2. The van der Waals surface area contributed by atoms with Gasteiger partial charge in [-0.25, -0.2) is 4.98 Å². The van der Waals surface area contributed by atoms with E-state index in [4.69, 9.17) is 8.83 Å². The number of fused-ring (bicyclic) bond motifs is 2. The van der Waals surface area contributed by atoms with Crippen molar-refractivity contribution in [1.82, 2.24) is 4.98 Å². The predicted molar refractivity (Wildman–Crippen MR) is 98.3 cm³/mol. The molecule has 0 radical (unpaired) electrons. The van der Waals surface area contributed by atoms with Crippen LogP contribution in [-0.4, -0.2) is 4.98 Å². The van der Waals surface area contributed by atoms with Gasteiger partial charge in [0.1, 0.15) is 12.1 Å². The van der Waals surface area contributed by atoms with Crippen molar-refractivity contribution in [2.75, 3.05) is 0 Å². The van der Waals surface area contributed by atoms with Crippen LogP contribution in [0.3, 0.4) is 0 Å². The number of hydrogen-bond acceptors (Lipinski definition) is 3. The first-order chi connectivity index (χ1) is 12.1. The fourth-order valence-electron chi connectivity index (χ4n) is 3.09. The monoisotopic (exact) mass is 333 g/mol.